The van der Waals surface area contributed by atoms with Crippen LogP contribution in [0.5, 0.6) is 0 Å². The zero-order valence-electron chi connectivity index (χ0n) is 14.5. The van der Waals surface area contributed by atoms with Crippen LogP contribution in [0.3, 0.4) is 0 Å². The molecule has 3 N–H and O–H groups in total. The highest BCUT2D eigenvalue weighted by Gasteiger charge is 2.35. The third-order valence-corrected chi connectivity index (χ3v) is 3.90. The minimum absolute atomic E-state index is 0.249. The van der Waals surface area contributed by atoms with E-state index in [1.54, 1.807) is 13.8 Å². The molecule has 0 radical (unpaired) electrons. The van der Waals surface area contributed by atoms with Gasteiger partial charge in [0.05, 0.1) is 12.3 Å². The van der Waals surface area contributed by atoms with Gasteiger partial charge in [-0.3, -0.25) is 15.6 Å². The Kier molecular flexibility index (Phi) is 6.62. The molecule has 1 saturated heterocycles. The monoisotopic (exact) mass is 348 g/mol. The van der Waals surface area contributed by atoms with Crippen LogP contribution in [0.1, 0.15) is 26.7 Å². The standard InChI is InChI=1S/C17H24N4O4/c1-3-25-16(23)12(2)18-17(24)21-11-7-10-14(21)15(22)20-19-13-8-5-4-6-9-13/h4-6,8-9,12,14,19H,3,7,10-11H2,1-2H3,(H,18,24)(H,20,22)/t12-,14?/m0/s1. The second kappa shape index (κ2) is 8.91. The van der Waals surface area contributed by atoms with E-state index in [4.69, 9.17) is 4.74 Å². The second-order valence-corrected chi connectivity index (χ2v) is 5.75. The van der Waals surface area contributed by atoms with Crippen molar-refractivity contribution in [2.75, 3.05) is 18.6 Å². The number of amides is 3. The van der Waals surface area contributed by atoms with E-state index in [0.717, 1.165) is 12.1 Å². The maximum absolute atomic E-state index is 12.4. The van der Waals surface area contributed by atoms with Crippen LogP contribution in [0, 0.1) is 0 Å². The number of para-hydroxylation sites is 1. The quantitative estimate of drug-likeness (QED) is 0.531. The Hall–Kier alpha value is -2.77. The molecular weight excluding hydrogens is 324 g/mol. The van der Waals surface area contributed by atoms with Gasteiger partial charge < -0.3 is 15.0 Å². The van der Waals surface area contributed by atoms with Crippen molar-refractivity contribution in [3.8, 4) is 0 Å². The largest absolute Gasteiger partial charge is 0.464 e. The van der Waals surface area contributed by atoms with Crippen LogP contribution in [0.25, 0.3) is 0 Å². The third-order valence-electron chi connectivity index (χ3n) is 3.90. The fraction of sp³-hybridized carbons (Fsp3) is 0.471. The summed E-state index contributed by atoms with van der Waals surface area (Å²) < 4.78 is 4.87. The van der Waals surface area contributed by atoms with Crippen molar-refractivity contribution >= 4 is 23.6 Å². The molecule has 8 nitrogen and oxygen atoms in total. The Morgan fingerprint density at radius 2 is 2.00 bits per heavy atom. The lowest BCUT2D eigenvalue weighted by atomic mass is 10.2. The molecule has 0 saturated carbocycles. The highest BCUT2D eigenvalue weighted by molar-refractivity contribution is 5.90. The molecule has 0 aliphatic carbocycles. The summed E-state index contributed by atoms with van der Waals surface area (Å²) >= 11 is 0. The van der Waals surface area contributed by atoms with Crippen LogP contribution in [-0.2, 0) is 14.3 Å². The summed E-state index contributed by atoms with van der Waals surface area (Å²) in [4.78, 5) is 37.8. The summed E-state index contributed by atoms with van der Waals surface area (Å²) in [7, 11) is 0. The summed E-state index contributed by atoms with van der Waals surface area (Å²) in [5.74, 6) is -0.790. The maximum Gasteiger partial charge on any atom is 0.328 e. The van der Waals surface area contributed by atoms with Crippen LogP contribution in [0.15, 0.2) is 30.3 Å². The molecule has 1 aliphatic rings. The number of nitrogens with one attached hydrogen (secondary N) is 3. The molecule has 1 heterocycles. The van der Waals surface area contributed by atoms with E-state index in [1.807, 2.05) is 30.3 Å². The summed E-state index contributed by atoms with van der Waals surface area (Å²) in [6.45, 7) is 3.97. The predicted octanol–water partition coefficient (Wildman–Crippen LogP) is 1.26. The number of rotatable bonds is 6. The van der Waals surface area contributed by atoms with E-state index < -0.39 is 24.1 Å². The number of hydrazine groups is 1. The van der Waals surface area contributed by atoms with Crippen molar-refractivity contribution in [3.63, 3.8) is 0 Å². The molecule has 8 heteroatoms. The fourth-order valence-electron chi connectivity index (χ4n) is 2.62. The van der Waals surface area contributed by atoms with Gasteiger partial charge >= 0.3 is 12.0 Å². The molecule has 136 valence electrons. The molecule has 1 fully saturated rings. The first-order valence-corrected chi connectivity index (χ1v) is 8.37. The molecule has 2 rings (SSSR count). The van der Waals surface area contributed by atoms with Gasteiger partial charge in [-0.05, 0) is 38.8 Å². The van der Waals surface area contributed by atoms with E-state index in [0.29, 0.717) is 13.0 Å². The third kappa shape index (κ3) is 5.10. The SMILES string of the molecule is CCOC(=O)[C@H](C)NC(=O)N1CCCC1C(=O)NNc1ccccc1. The molecular formula is C17H24N4O4. The molecule has 1 aromatic rings. The Morgan fingerprint density at radius 1 is 1.28 bits per heavy atom. The lowest BCUT2D eigenvalue weighted by molar-refractivity contribution is -0.144. The van der Waals surface area contributed by atoms with Crippen LogP contribution >= 0.6 is 0 Å². The van der Waals surface area contributed by atoms with Gasteiger partial charge in [-0.15, -0.1) is 0 Å². The number of nitrogens with zero attached hydrogens (tertiary/aromatic N) is 1. The van der Waals surface area contributed by atoms with Gasteiger partial charge in [0.1, 0.15) is 12.1 Å². The maximum atomic E-state index is 12.4. The molecule has 0 aromatic heterocycles. The van der Waals surface area contributed by atoms with Crippen molar-refractivity contribution in [2.24, 2.45) is 0 Å². The van der Waals surface area contributed by atoms with Gasteiger partial charge in [-0.2, -0.15) is 0 Å². The summed E-state index contributed by atoms with van der Waals surface area (Å²) in [6.07, 6.45) is 1.30. The van der Waals surface area contributed by atoms with Crippen molar-refractivity contribution in [2.45, 2.75) is 38.8 Å². The van der Waals surface area contributed by atoms with Crippen LogP contribution in [0.2, 0.25) is 0 Å². The minimum Gasteiger partial charge on any atom is -0.464 e. The van der Waals surface area contributed by atoms with E-state index in [2.05, 4.69) is 16.2 Å². The molecule has 1 unspecified atom stereocenters. The van der Waals surface area contributed by atoms with Gasteiger partial charge in [0.25, 0.3) is 5.91 Å². The molecule has 3 amide bonds. The number of anilines is 1. The van der Waals surface area contributed by atoms with E-state index in [1.165, 1.54) is 4.90 Å². The van der Waals surface area contributed by atoms with E-state index in [-0.39, 0.29) is 12.5 Å². The Morgan fingerprint density at radius 3 is 2.68 bits per heavy atom. The summed E-state index contributed by atoms with van der Waals surface area (Å²) in [6, 6.07) is 7.42. The van der Waals surface area contributed by atoms with Gasteiger partial charge in [0, 0.05) is 6.54 Å². The van der Waals surface area contributed by atoms with Crippen LogP contribution in [-0.4, -0.2) is 48.0 Å². The smallest absolute Gasteiger partial charge is 0.328 e. The lowest BCUT2D eigenvalue weighted by Crippen LogP contribution is -2.53. The Bertz CT molecular complexity index is 608. The molecule has 1 aliphatic heterocycles. The number of urea groups is 1. The summed E-state index contributed by atoms with van der Waals surface area (Å²) in [5, 5.41) is 2.58. The van der Waals surface area contributed by atoms with E-state index >= 15 is 0 Å². The van der Waals surface area contributed by atoms with Crippen molar-refractivity contribution < 1.29 is 19.1 Å². The van der Waals surface area contributed by atoms with Crippen LogP contribution in [0.4, 0.5) is 10.5 Å². The zero-order valence-corrected chi connectivity index (χ0v) is 14.5. The average Bonchev–Trinajstić information content (AvgIpc) is 3.10. The van der Waals surface area contributed by atoms with Gasteiger partial charge in [0.15, 0.2) is 0 Å². The number of likely N-dealkylation sites (tertiary alicyclic amines) is 1. The number of hydrogen-bond donors (Lipinski definition) is 3. The second-order valence-electron chi connectivity index (χ2n) is 5.75. The zero-order chi connectivity index (χ0) is 18.2. The molecule has 0 bridgehead atoms. The Balaban J connectivity index is 1.88. The number of hydrogen-bond acceptors (Lipinski definition) is 5. The first-order chi connectivity index (χ1) is 12.0. The number of carbonyl (C=O) groups is 3. The highest BCUT2D eigenvalue weighted by atomic mass is 16.5. The van der Waals surface area contributed by atoms with Gasteiger partial charge in [0.2, 0.25) is 0 Å². The number of carbonyl (C=O) groups excluding carboxylic acids is 3. The predicted molar refractivity (Wildman–Crippen MR) is 92.6 cm³/mol. The Labute approximate surface area is 146 Å². The average molecular weight is 348 g/mol. The van der Waals surface area contributed by atoms with Gasteiger partial charge in [-0.1, -0.05) is 18.2 Å². The summed E-state index contributed by atoms with van der Waals surface area (Å²) in [5.41, 5.74) is 6.20. The fourth-order valence-corrected chi connectivity index (χ4v) is 2.62. The minimum atomic E-state index is -0.765. The van der Waals surface area contributed by atoms with Crippen molar-refractivity contribution in [1.82, 2.24) is 15.6 Å². The molecule has 2 atom stereocenters. The number of benzene rings is 1. The number of ether oxygens (including phenoxy) is 1. The molecule has 25 heavy (non-hydrogen) atoms. The van der Waals surface area contributed by atoms with Crippen LogP contribution < -0.4 is 16.2 Å². The lowest BCUT2D eigenvalue weighted by Gasteiger charge is -2.25. The first-order valence-electron chi connectivity index (χ1n) is 8.37. The highest BCUT2D eigenvalue weighted by Crippen LogP contribution is 2.17. The van der Waals surface area contributed by atoms with Gasteiger partial charge in [-0.25, -0.2) is 9.59 Å². The first kappa shape index (κ1) is 18.6. The van der Waals surface area contributed by atoms with Crippen molar-refractivity contribution in [1.29, 1.82) is 0 Å². The molecule has 1 aromatic carbocycles. The molecule has 0 spiro atoms. The number of esters is 1. The van der Waals surface area contributed by atoms with E-state index in [9.17, 15) is 14.4 Å². The topological polar surface area (TPSA) is 99.8 Å². The normalized spacial score (nSPS) is 17.5. The van der Waals surface area contributed by atoms with Crippen molar-refractivity contribution in [3.05, 3.63) is 30.3 Å².